The summed E-state index contributed by atoms with van der Waals surface area (Å²) in [4.78, 5) is 23.6. The van der Waals surface area contributed by atoms with Gasteiger partial charge in [-0.25, -0.2) is 4.39 Å². The van der Waals surface area contributed by atoms with Gasteiger partial charge in [-0.3, -0.25) is 9.59 Å². The smallest absolute Gasteiger partial charge is 0.310 e. The molecule has 1 amide bonds. The molecule has 0 aliphatic heterocycles. The molecule has 2 rings (SSSR count). The quantitative estimate of drug-likeness (QED) is 0.835. The number of nitrogens with one attached hydrogen (secondary N) is 1. The SMILES string of the molecule is Cc1ccc(C)c(NC(=O)COC(=O)Cc2c(F)cccc2Cl)c1. The number of benzene rings is 2. The van der Waals surface area contributed by atoms with Gasteiger partial charge in [0.15, 0.2) is 6.61 Å². The molecule has 0 bridgehead atoms. The maximum Gasteiger partial charge on any atom is 0.310 e. The highest BCUT2D eigenvalue weighted by Gasteiger charge is 2.14. The van der Waals surface area contributed by atoms with Crippen LogP contribution < -0.4 is 5.32 Å². The van der Waals surface area contributed by atoms with E-state index in [1.54, 1.807) is 0 Å². The van der Waals surface area contributed by atoms with Crippen molar-refractivity contribution < 1.29 is 18.7 Å². The van der Waals surface area contributed by atoms with Crippen LogP contribution in [0.25, 0.3) is 0 Å². The topological polar surface area (TPSA) is 55.4 Å². The van der Waals surface area contributed by atoms with Gasteiger partial charge in [-0.05, 0) is 43.2 Å². The lowest BCUT2D eigenvalue weighted by Gasteiger charge is -2.10. The summed E-state index contributed by atoms with van der Waals surface area (Å²) in [5.74, 6) is -1.77. The molecule has 0 spiro atoms. The van der Waals surface area contributed by atoms with Gasteiger partial charge in [-0.2, -0.15) is 0 Å². The summed E-state index contributed by atoms with van der Waals surface area (Å²) in [6.07, 6.45) is -0.331. The van der Waals surface area contributed by atoms with Gasteiger partial charge in [-0.1, -0.05) is 29.8 Å². The van der Waals surface area contributed by atoms with E-state index in [9.17, 15) is 14.0 Å². The second kappa shape index (κ2) is 7.93. The standard InChI is InChI=1S/C18H17ClFNO3/c1-11-6-7-12(2)16(8-11)21-17(22)10-24-18(23)9-13-14(19)4-3-5-15(13)20/h3-8H,9-10H2,1-2H3,(H,21,22). The van der Waals surface area contributed by atoms with Crippen LogP contribution in [0.4, 0.5) is 10.1 Å². The van der Waals surface area contributed by atoms with Crippen LogP contribution in [-0.2, 0) is 20.7 Å². The van der Waals surface area contributed by atoms with Gasteiger partial charge >= 0.3 is 5.97 Å². The molecule has 0 saturated carbocycles. The number of rotatable bonds is 5. The molecule has 0 atom stereocenters. The summed E-state index contributed by atoms with van der Waals surface area (Å²) >= 11 is 5.85. The zero-order valence-corrected chi connectivity index (χ0v) is 14.1. The zero-order chi connectivity index (χ0) is 17.7. The Morgan fingerprint density at radius 3 is 2.67 bits per heavy atom. The lowest BCUT2D eigenvalue weighted by Crippen LogP contribution is -2.22. The van der Waals surface area contributed by atoms with Gasteiger partial charge in [0.25, 0.3) is 5.91 Å². The first-order valence-electron chi connectivity index (χ1n) is 7.32. The van der Waals surface area contributed by atoms with Gasteiger partial charge in [0, 0.05) is 16.3 Å². The molecule has 0 unspecified atom stereocenters. The molecule has 4 nitrogen and oxygen atoms in total. The Morgan fingerprint density at radius 2 is 1.96 bits per heavy atom. The summed E-state index contributed by atoms with van der Waals surface area (Å²) in [6.45, 7) is 3.33. The van der Waals surface area contributed by atoms with E-state index < -0.39 is 24.3 Å². The van der Waals surface area contributed by atoms with E-state index in [0.717, 1.165) is 11.1 Å². The van der Waals surface area contributed by atoms with Crippen molar-refractivity contribution >= 4 is 29.2 Å². The number of carbonyl (C=O) groups excluding carboxylic acids is 2. The fourth-order valence-electron chi connectivity index (χ4n) is 2.10. The van der Waals surface area contributed by atoms with Crippen molar-refractivity contribution in [3.8, 4) is 0 Å². The van der Waals surface area contributed by atoms with Crippen molar-refractivity contribution in [3.63, 3.8) is 0 Å². The molecule has 0 saturated heterocycles. The molecule has 0 radical (unpaired) electrons. The minimum atomic E-state index is -0.724. The summed E-state index contributed by atoms with van der Waals surface area (Å²) in [6, 6.07) is 9.79. The molecule has 6 heteroatoms. The molecule has 0 aliphatic rings. The van der Waals surface area contributed by atoms with Crippen molar-refractivity contribution in [1.29, 1.82) is 0 Å². The van der Waals surface area contributed by atoms with E-state index in [4.69, 9.17) is 16.3 Å². The summed E-state index contributed by atoms with van der Waals surface area (Å²) in [5.41, 5.74) is 2.62. The Balaban J connectivity index is 1.89. The Hall–Kier alpha value is -2.40. The number of aryl methyl sites for hydroxylation is 2. The molecule has 0 fully saturated rings. The summed E-state index contributed by atoms with van der Waals surface area (Å²) in [5, 5.41) is 2.82. The molecule has 126 valence electrons. The molecule has 2 aromatic rings. The van der Waals surface area contributed by atoms with E-state index in [0.29, 0.717) is 5.69 Å². The highest BCUT2D eigenvalue weighted by atomic mass is 35.5. The summed E-state index contributed by atoms with van der Waals surface area (Å²) < 4.78 is 18.5. The van der Waals surface area contributed by atoms with E-state index in [2.05, 4.69) is 5.32 Å². The lowest BCUT2D eigenvalue weighted by molar-refractivity contribution is -0.146. The number of ether oxygens (including phenoxy) is 1. The largest absolute Gasteiger partial charge is 0.455 e. The van der Waals surface area contributed by atoms with Gasteiger partial charge < -0.3 is 10.1 Å². The van der Waals surface area contributed by atoms with Crippen molar-refractivity contribution in [2.75, 3.05) is 11.9 Å². The molecule has 1 N–H and O–H groups in total. The van der Waals surface area contributed by atoms with Crippen LogP contribution in [0.3, 0.4) is 0 Å². The number of halogens is 2. The van der Waals surface area contributed by atoms with Gasteiger partial charge in [0.05, 0.1) is 6.42 Å². The van der Waals surface area contributed by atoms with Crippen LogP contribution in [0.5, 0.6) is 0 Å². The molecular weight excluding hydrogens is 333 g/mol. The van der Waals surface area contributed by atoms with Crippen molar-refractivity contribution in [2.24, 2.45) is 0 Å². The normalized spacial score (nSPS) is 10.3. The first kappa shape index (κ1) is 17.9. The molecule has 0 heterocycles. The third kappa shape index (κ3) is 4.80. The van der Waals surface area contributed by atoms with E-state index >= 15 is 0 Å². The van der Waals surface area contributed by atoms with Crippen LogP contribution in [0.1, 0.15) is 16.7 Å². The maximum atomic E-state index is 13.6. The average molecular weight is 350 g/mol. The fraction of sp³-hybridized carbons (Fsp3) is 0.222. The molecule has 2 aromatic carbocycles. The van der Waals surface area contributed by atoms with Crippen LogP contribution >= 0.6 is 11.6 Å². The first-order valence-corrected chi connectivity index (χ1v) is 7.70. The number of hydrogen-bond donors (Lipinski definition) is 1. The third-order valence-corrected chi connectivity index (χ3v) is 3.77. The predicted octanol–water partition coefficient (Wildman–Crippen LogP) is 3.82. The highest BCUT2D eigenvalue weighted by molar-refractivity contribution is 6.31. The number of carbonyl (C=O) groups is 2. The van der Waals surface area contributed by atoms with Crippen molar-refractivity contribution in [2.45, 2.75) is 20.3 Å². The molecule has 0 aromatic heterocycles. The third-order valence-electron chi connectivity index (χ3n) is 3.41. The zero-order valence-electron chi connectivity index (χ0n) is 13.4. The molecular formula is C18H17ClFNO3. The van der Waals surface area contributed by atoms with Crippen LogP contribution in [0, 0.1) is 19.7 Å². The molecule has 0 aliphatic carbocycles. The second-order valence-corrected chi connectivity index (χ2v) is 5.81. The predicted molar refractivity (Wildman–Crippen MR) is 90.6 cm³/mol. The first-order chi connectivity index (χ1) is 11.4. The Labute approximate surface area is 144 Å². The number of hydrogen-bond acceptors (Lipinski definition) is 3. The van der Waals surface area contributed by atoms with Crippen LogP contribution in [0.2, 0.25) is 5.02 Å². The number of anilines is 1. The maximum absolute atomic E-state index is 13.6. The van der Waals surface area contributed by atoms with Crippen molar-refractivity contribution in [1.82, 2.24) is 0 Å². The van der Waals surface area contributed by atoms with Crippen molar-refractivity contribution in [3.05, 3.63) is 63.9 Å². The van der Waals surface area contributed by atoms with Gasteiger partial charge in [-0.15, -0.1) is 0 Å². The number of esters is 1. The molecule has 24 heavy (non-hydrogen) atoms. The number of amides is 1. The summed E-state index contributed by atoms with van der Waals surface area (Å²) in [7, 11) is 0. The Kier molecular flexibility index (Phi) is 5.93. The van der Waals surface area contributed by atoms with Crippen LogP contribution in [0.15, 0.2) is 36.4 Å². The fourth-order valence-corrected chi connectivity index (χ4v) is 2.33. The van der Waals surface area contributed by atoms with Gasteiger partial charge in [0.2, 0.25) is 0 Å². The average Bonchev–Trinajstić information content (AvgIpc) is 2.53. The van der Waals surface area contributed by atoms with E-state index in [1.807, 2.05) is 32.0 Å². The van der Waals surface area contributed by atoms with Gasteiger partial charge in [0.1, 0.15) is 5.82 Å². The Morgan fingerprint density at radius 1 is 1.21 bits per heavy atom. The lowest BCUT2D eigenvalue weighted by atomic mass is 10.1. The monoisotopic (exact) mass is 349 g/mol. The van der Waals surface area contributed by atoms with E-state index in [-0.39, 0.29) is 17.0 Å². The minimum absolute atomic E-state index is 0.0547. The Bertz CT molecular complexity index is 757. The highest BCUT2D eigenvalue weighted by Crippen LogP contribution is 2.20. The van der Waals surface area contributed by atoms with Crippen LogP contribution in [-0.4, -0.2) is 18.5 Å². The van der Waals surface area contributed by atoms with E-state index in [1.165, 1.54) is 18.2 Å². The second-order valence-electron chi connectivity index (χ2n) is 5.40. The minimum Gasteiger partial charge on any atom is -0.455 e.